The fourth-order valence-corrected chi connectivity index (χ4v) is 3.56. The minimum Gasteiger partial charge on any atom is -0.493 e. The van der Waals surface area contributed by atoms with Crippen LogP contribution in [0.25, 0.3) is 0 Å². The quantitative estimate of drug-likeness (QED) is 0.178. The maximum absolute atomic E-state index is 6.23. The highest BCUT2D eigenvalue weighted by Crippen LogP contribution is 2.33. The number of halogens is 1. The van der Waals surface area contributed by atoms with E-state index in [2.05, 4.69) is 32.9 Å². The smallest absolute Gasteiger partial charge is 0.126 e. The molecule has 0 atom stereocenters. The lowest BCUT2D eigenvalue weighted by Gasteiger charge is -2.18. The van der Waals surface area contributed by atoms with Gasteiger partial charge in [0, 0.05) is 11.4 Å². The molecule has 0 aliphatic rings. The van der Waals surface area contributed by atoms with Gasteiger partial charge in [-0.2, -0.15) is 0 Å². The molecule has 2 nitrogen and oxygen atoms in total. The molecule has 0 aromatic heterocycles. The van der Waals surface area contributed by atoms with Crippen LogP contribution in [0.3, 0.4) is 0 Å². The summed E-state index contributed by atoms with van der Waals surface area (Å²) in [5, 5.41) is 0. The van der Waals surface area contributed by atoms with E-state index in [1.165, 1.54) is 69.8 Å². The van der Waals surface area contributed by atoms with E-state index in [1.54, 1.807) is 0 Å². The predicted molar refractivity (Wildman–Crippen MR) is 123 cm³/mol. The minimum atomic E-state index is 0.495. The summed E-state index contributed by atoms with van der Waals surface area (Å²) >= 11 is 6.16. The first-order valence-electron chi connectivity index (χ1n) is 11.7. The van der Waals surface area contributed by atoms with Crippen molar-refractivity contribution in [1.82, 2.24) is 0 Å². The van der Waals surface area contributed by atoms with Gasteiger partial charge in [0.2, 0.25) is 0 Å². The van der Waals surface area contributed by atoms with Gasteiger partial charge in [0.05, 0.1) is 13.2 Å². The molecule has 1 aromatic carbocycles. The second-order valence-electron chi connectivity index (χ2n) is 7.83. The van der Waals surface area contributed by atoms with Crippen LogP contribution in [-0.4, -0.2) is 13.2 Å². The Kier molecular flexibility index (Phi) is 15.3. The Bertz CT molecular complexity index is 466. The second-order valence-corrected chi connectivity index (χ2v) is 8.10. The van der Waals surface area contributed by atoms with Crippen LogP contribution < -0.4 is 9.47 Å². The summed E-state index contributed by atoms with van der Waals surface area (Å²) in [7, 11) is 0. The van der Waals surface area contributed by atoms with E-state index in [1.807, 2.05) is 0 Å². The number of alkyl halides is 1. The van der Waals surface area contributed by atoms with Crippen LogP contribution in [0.5, 0.6) is 11.5 Å². The third-order valence-corrected chi connectivity index (χ3v) is 5.48. The Morgan fingerprint density at radius 3 is 1.54 bits per heavy atom. The largest absolute Gasteiger partial charge is 0.493 e. The average molecular weight is 411 g/mol. The zero-order valence-electron chi connectivity index (χ0n) is 18.7. The Hall–Kier alpha value is -0.890. The number of hydrogen-bond donors (Lipinski definition) is 0. The highest BCUT2D eigenvalue weighted by atomic mass is 35.5. The van der Waals surface area contributed by atoms with Crippen molar-refractivity contribution >= 4 is 11.6 Å². The van der Waals surface area contributed by atoms with E-state index in [0.29, 0.717) is 5.88 Å². The molecule has 0 unspecified atom stereocenters. The van der Waals surface area contributed by atoms with E-state index >= 15 is 0 Å². The monoisotopic (exact) mass is 410 g/mol. The minimum absolute atomic E-state index is 0.495. The molecule has 0 aliphatic heterocycles. The van der Waals surface area contributed by atoms with Gasteiger partial charge in [-0.25, -0.2) is 0 Å². The van der Waals surface area contributed by atoms with Gasteiger partial charge in [-0.3, -0.25) is 0 Å². The van der Waals surface area contributed by atoms with Crippen LogP contribution in [0.1, 0.15) is 109 Å². The van der Waals surface area contributed by atoms with Crippen LogP contribution in [0.15, 0.2) is 12.1 Å². The number of unbranched alkanes of at least 4 members (excludes halogenated alkanes) is 9. The third-order valence-electron chi connectivity index (χ3n) is 5.17. The van der Waals surface area contributed by atoms with Crippen LogP contribution in [0.4, 0.5) is 0 Å². The summed E-state index contributed by atoms with van der Waals surface area (Å²) in [6.07, 6.45) is 15.8. The lowest BCUT2D eigenvalue weighted by atomic mass is 10.0. The van der Waals surface area contributed by atoms with Crippen molar-refractivity contribution in [2.24, 2.45) is 0 Å². The predicted octanol–water partition coefficient (Wildman–Crippen LogP) is 8.47. The highest BCUT2D eigenvalue weighted by Gasteiger charge is 2.14. The molecule has 1 aromatic rings. The molecule has 1 rings (SSSR count). The molecule has 0 saturated carbocycles. The van der Waals surface area contributed by atoms with Crippen molar-refractivity contribution in [3.63, 3.8) is 0 Å². The number of benzene rings is 1. The molecule has 0 aliphatic carbocycles. The van der Waals surface area contributed by atoms with Crippen molar-refractivity contribution in [2.75, 3.05) is 13.2 Å². The summed E-state index contributed by atoms with van der Waals surface area (Å²) < 4.78 is 12.5. The van der Waals surface area contributed by atoms with E-state index < -0.39 is 0 Å². The van der Waals surface area contributed by atoms with Crippen LogP contribution >= 0.6 is 11.6 Å². The lowest BCUT2D eigenvalue weighted by Crippen LogP contribution is -2.06. The zero-order chi connectivity index (χ0) is 20.5. The van der Waals surface area contributed by atoms with Crippen molar-refractivity contribution < 1.29 is 9.47 Å². The van der Waals surface area contributed by atoms with E-state index in [4.69, 9.17) is 21.1 Å². The standard InChI is InChI=1S/C25H43ClO2/c1-4-7-10-13-16-23-24(27-17-14-11-8-5-2)19-22(21-26)20-25(23)28-18-15-12-9-6-3/h19-20H,4-18,21H2,1-3H3. The number of ether oxygens (including phenoxy) is 2. The van der Waals surface area contributed by atoms with Crippen molar-refractivity contribution in [3.8, 4) is 11.5 Å². The molecule has 0 heterocycles. The molecular formula is C25H43ClO2. The maximum atomic E-state index is 6.23. The average Bonchev–Trinajstić information content (AvgIpc) is 2.71. The van der Waals surface area contributed by atoms with E-state index in [0.717, 1.165) is 49.5 Å². The molecule has 28 heavy (non-hydrogen) atoms. The van der Waals surface area contributed by atoms with Crippen molar-refractivity contribution in [3.05, 3.63) is 23.3 Å². The second kappa shape index (κ2) is 17.0. The van der Waals surface area contributed by atoms with Crippen LogP contribution in [0, 0.1) is 0 Å². The normalized spacial score (nSPS) is 11.0. The summed E-state index contributed by atoms with van der Waals surface area (Å²) in [6.45, 7) is 8.30. The summed E-state index contributed by atoms with van der Waals surface area (Å²) in [6, 6.07) is 4.26. The topological polar surface area (TPSA) is 18.5 Å². The summed E-state index contributed by atoms with van der Waals surface area (Å²) in [5.41, 5.74) is 2.34. The fourth-order valence-electron chi connectivity index (χ4n) is 3.41. The first-order chi connectivity index (χ1) is 13.8. The van der Waals surface area contributed by atoms with Crippen LogP contribution in [0.2, 0.25) is 0 Å². The van der Waals surface area contributed by atoms with Gasteiger partial charge in [-0.1, -0.05) is 78.6 Å². The maximum Gasteiger partial charge on any atom is 0.126 e. The Labute approximate surface area is 179 Å². The molecule has 0 amide bonds. The first-order valence-corrected chi connectivity index (χ1v) is 12.3. The molecule has 0 N–H and O–H groups in total. The molecule has 162 valence electrons. The van der Waals surface area contributed by atoms with Gasteiger partial charge in [0.15, 0.2) is 0 Å². The molecule has 0 radical (unpaired) electrons. The molecular weight excluding hydrogens is 368 g/mol. The van der Waals surface area contributed by atoms with Gasteiger partial charge in [-0.05, 0) is 43.4 Å². The Morgan fingerprint density at radius 1 is 0.643 bits per heavy atom. The SMILES string of the molecule is CCCCCCOc1cc(CCl)cc(OCCCCCC)c1CCCCCC. The number of hydrogen-bond acceptors (Lipinski definition) is 2. The Balaban J connectivity index is 2.82. The summed E-state index contributed by atoms with van der Waals surface area (Å²) in [4.78, 5) is 0. The van der Waals surface area contributed by atoms with Crippen molar-refractivity contribution in [1.29, 1.82) is 0 Å². The summed E-state index contributed by atoms with van der Waals surface area (Å²) in [5.74, 6) is 2.48. The van der Waals surface area contributed by atoms with Crippen LogP contribution in [-0.2, 0) is 12.3 Å². The molecule has 0 saturated heterocycles. The van der Waals surface area contributed by atoms with E-state index in [9.17, 15) is 0 Å². The highest BCUT2D eigenvalue weighted by molar-refractivity contribution is 6.17. The molecule has 0 spiro atoms. The van der Waals surface area contributed by atoms with Gasteiger partial charge in [0.25, 0.3) is 0 Å². The molecule has 0 fully saturated rings. The van der Waals surface area contributed by atoms with E-state index in [-0.39, 0.29) is 0 Å². The van der Waals surface area contributed by atoms with Gasteiger partial charge in [-0.15, -0.1) is 11.6 Å². The van der Waals surface area contributed by atoms with Gasteiger partial charge < -0.3 is 9.47 Å². The number of rotatable bonds is 18. The fraction of sp³-hybridized carbons (Fsp3) is 0.760. The lowest BCUT2D eigenvalue weighted by molar-refractivity contribution is 0.284. The Morgan fingerprint density at radius 2 is 1.11 bits per heavy atom. The first kappa shape index (κ1) is 25.1. The third kappa shape index (κ3) is 10.6. The van der Waals surface area contributed by atoms with Gasteiger partial charge >= 0.3 is 0 Å². The van der Waals surface area contributed by atoms with Crippen molar-refractivity contribution in [2.45, 2.75) is 110 Å². The molecule has 0 bridgehead atoms. The zero-order valence-corrected chi connectivity index (χ0v) is 19.4. The van der Waals surface area contributed by atoms with Gasteiger partial charge in [0.1, 0.15) is 11.5 Å². The molecule has 3 heteroatoms.